The molecule has 2 aromatic heterocycles. The average molecular weight is 226 g/mol. The van der Waals surface area contributed by atoms with Crippen molar-refractivity contribution < 1.29 is 0 Å². The summed E-state index contributed by atoms with van der Waals surface area (Å²) in [5.41, 5.74) is 0.652. The van der Waals surface area contributed by atoms with E-state index in [0.717, 1.165) is 5.52 Å². The summed E-state index contributed by atoms with van der Waals surface area (Å²) in [7, 11) is 0. The predicted octanol–water partition coefficient (Wildman–Crippen LogP) is -0.0483. The summed E-state index contributed by atoms with van der Waals surface area (Å²) >= 11 is 2.73. The first kappa shape index (κ1) is 7.46. The molecule has 2 rings (SSSR count). The fraction of sp³-hybridized carbons (Fsp3) is 0. The normalized spacial score (nSPS) is 10.3. The van der Waals surface area contributed by atoms with Gasteiger partial charge < -0.3 is 0 Å². The molecule has 0 spiro atoms. The molecule has 0 aliphatic carbocycles. The van der Waals surface area contributed by atoms with Crippen molar-refractivity contribution in [2.24, 2.45) is 0 Å². The molecule has 2 aromatic rings. The molecule has 0 atom stereocenters. The Morgan fingerprint density at radius 2 is 2.33 bits per heavy atom. The van der Waals surface area contributed by atoms with E-state index in [-0.39, 0.29) is 5.56 Å². The molecule has 0 aromatic carbocycles. The number of nitrogens with zero attached hydrogens (tertiary/aromatic N) is 1. The topological polar surface area (TPSA) is 61.5 Å². The zero-order valence-electron chi connectivity index (χ0n) is 6.00. The van der Waals surface area contributed by atoms with E-state index in [4.69, 9.17) is 0 Å². The van der Waals surface area contributed by atoms with Crippen molar-refractivity contribution in [2.75, 3.05) is 0 Å². The summed E-state index contributed by atoms with van der Waals surface area (Å²) in [5, 5.41) is 0.566. The quantitative estimate of drug-likeness (QED) is 0.619. The van der Waals surface area contributed by atoms with Crippen LogP contribution in [0.4, 0.5) is 0 Å². The monoisotopic (exact) mass is 227 g/mol. The van der Waals surface area contributed by atoms with Crippen LogP contribution in [0.1, 0.15) is 0 Å². The second kappa shape index (κ2) is 2.69. The molecule has 2 heterocycles. The molecule has 0 saturated carbocycles. The molecule has 0 aliphatic heterocycles. The number of hydrogen-bond acceptors (Lipinski definition) is 2. The van der Waals surface area contributed by atoms with Crippen molar-refractivity contribution in [1.82, 2.24) is 15.0 Å². The maximum absolute atomic E-state index is 11.2. The van der Waals surface area contributed by atoms with Gasteiger partial charge in [-0.3, -0.25) is 0 Å². The predicted molar refractivity (Wildman–Crippen MR) is 45.7 cm³/mol. The molecule has 2 N–H and O–H groups in total. The van der Waals surface area contributed by atoms with Crippen LogP contribution in [0, 0.1) is 4.32 Å². The third-order valence-electron chi connectivity index (χ3n) is 1.55. The van der Waals surface area contributed by atoms with Gasteiger partial charge in [-0.05, 0) is 0 Å². The van der Waals surface area contributed by atoms with Crippen LogP contribution in [0.15, 0.2) is 23.3 Å². The SMILES string of the molecule is O=c1[nH]ccc2[nH]c(=[Se])ncc12. The Morgan fingerprint density at radius 3 is 3.17 bits per heavy atom. The van der Waals surface area contributed by atoms with Gasteiger partial charge in [0.2, 0.25) is 0 Å². The van der Waals surface area contributed by atoms with Crippen LogP contribution < -0.4 is 5.56 Å². The third kappa shape index (κ3) is 1.13. The van der Waals surface area contributed by atoms with Gasteiger partial charge >= 0.3 is 74.6 Å². The van der Waals surface area contributed by atoms with Crippen molar-refractivity contribution in [1.29, 1.82) is 0 Å². The number of hydrogen-bond donors (Lipinski definition) is 2. The van der Waals surface area contributed by atoms with Crippen LogP contribution in [-0.2, 0) is 0 Å². The molecule has 4 nitrogen and oxygen atoms in total. The number of pyridine rings is 1. The fourth-order valence-corrected chi connectivity index (χ4v) is 1.34. The molecule has 12 heavy (non-hydrogen) atoms. The van der Waals surface area contributed by atoms with Crippen LogP contribution in [0.25, 0.3) is 10.9 Å². The summed E-state index contributed by atoms with van der Waals surface area (Å²) < 4.78 is 0.674. The Labute approximate surface area is 75.0 Å². The van der Waals surface area contributed by atoms with Crippen molar-refractivity contribution in [3.63, 3.8) is 0 Å². The van der Waals surface area contributed by atoms with E-state index >= 15 is 0 Å². The van der Waals surface area contributed by atoms with Gasteiger partial charge in [-0.1, -0.05) is 0 Å². The van der Waals surface area contributed by atoms with Crippen LogP contribution in [0.3, 0.4) is 0 Å². The van der Waals surface area contributed by atoms with E-state index in [9.17, 15) is 4.79 Å². The zero-order chi connectivity index (χ0) is 8.55. The Hall–Kier alpha value is -1.19. The minimum absolute atomic E-state index is 0.128. The number of rotatable bonds is 0. The number of aromatic nitrogens is 3. The summed E-state index contributed by atoms with van der Waals surface area (Å²) in [6.07, 6.45) is 3.14. The van der Waals surface area contributed by atoms with Gasteiger partial charge in [-0.25, -0.2) is 0 Å². The van der Waals surface area contributed by atoms with E-state index in [1.807, 2.05) is 0 Å². The number of aromatic amines is 2. The molecule has 0 amide bonds. The van der Waals surface area contributed by atoms with Crippen molar-refractivity contribution >= 4 is 26.5 Å². The first-order valence-electron chi connectivity index (χ1n) is 3.34. The van der Waals surface area contributed by atoms with E-state index in [1.165, 1.54) is 6.20 Å². The van der Waals surface area contributed by atoms with Gasteiger partial charge in [-0.15, -0.1) is 0 Å². The van der Waals surface area contributed by atoms with Crippen LogP contribution >= 0.6 is 0 Å². The Bertz CT molecular complexity index is 528. The average Bonchev–Trinajstić information content (AvgIpc) is 2.04. The van der Waals surface area contributed by atoms with Gasteiger partial charge in [0, 0.05) is 0 Å². The molecule has 0 saturated heterocycles. The van der Waals surface area contributed by atoms with Crippen LogP contribution in [0.2, 0.25) is 0 Å². The first-order chi connectivity index (χ1) is 5.77. The van der Waals surface area contributed by atoms with E-state index < -0.39 is 0 Å². The van der Waals surface area contributed by atoms with Crippen molar-refractivity contribution in [3.05, 3.63) is 33.1 Å². The summed E-state index contributed by atoms with van der Waals surface area (Å²) in [6, 6.07) is 1.79. The molecular formula is C7H5N3OSe. The van der Waals surface area contributed by atoms with Crippen LogP contribution in [-0.4, -0.2) is 30.5 Å². The summed E-state index contributed by atoms with van der Waals surface area (Å²) in [5.74, 6) is 0. The summed E-state index contributed by atoms with van der Waals surface area (Å²) in [4.78, 5) is 20.6. The fourth-order valence-electron chi connectivity index (χ4n) is 0.998. The second-order valence-electron chi connectivity index (χ2n) is 2.32. The van der Waals surface area contributed by atoms with Gasteiger partial charge in [0.15, 0.2) is 0 Å². The Balaban J connectivity index is 3.06. The third-order valence-corrected chi connectivity index (χ3v) is 1.99. The molecule has 0 fully saturated rings. The van der Waals surface area contributed by atoms with E-state index in [0.29, 0.717) is 9.71 Å². The standard InChI is InChI=1S/C7H5N3OSe/c11-6-4-3-9-7(12)10-5(4)1-2-8-6/h1-3H,(H,8,11)(H,9,10,12). The van der Waals surface area contributed by atoms with E-state index in [1.54, 1.807) is 12.3 Å². The van der Waals surface area contributed by atoms with E-state index in [2.05, 4.69) is 30.5 Å². The molecule has 60 valence electrons. The van der Waals surface area contributed by atoms with Crippen molar-refractivity contribution in [2.45, 2.75) is 0 Å². The Kier molecular flexibility index (Phi) is 1.67. The minimum atomic E-state index is -0.128. The number of H-pyrrole nitrogens is 2. The van der Waals surface area contributed by atoms with Gasteiger partial charge in [0.25, 0.3) is 0 Å². The second-order valence-corrected chi connectivity index (χ2v) is 3.13. The maximum atomic E-state index is 11.2. The van der Waals surface area contributed by atoms with Crippen LogP contribution in [0.5, 0.6) is 0 Å². The summed E-state index contributed by atoms with van der Waals surface area (Å²) in [6.45, 7) is 0. The number of fused-ring (bicyclic) bond motifs is 1. The number of nitrogens with one attached hydrogen (secondary N) is 2. The van der Waals surface area contributed by atoms with Gasteiger partial charge in [-0.2, -0.15) is 0 Å². The first-order valence-corrected chi connectivity index (χ1v) is 4.20. The molecular weight excluding hydrogens is 221 g/mol. The molecule has 0 bridgehead atoms. The molecule has 0 aliphatic rings. The zero-order valence-corrected chi connectivity index (χ0v) is 7.71. The molecule has 0 radical (unpaired) electrons. The van der Waals surface area contributed by atoms with Gasteiger partial charge in [0.1, 0.15) is 0 Å². The Morgan fingerprint density at radius 1 is 1.50 bits per heavy atom. The van der Waals surface area contributed by atoms with Crippen molar-refractivity contribution in [3.8, 4) is 0 Å². The van der Waals surface area contributed by atoms with Gasteiger partial charge in [0.05, 0.1) is 0 Å². The molecule has 0 unspecified atom stereocenters. The molecule has 5 heteroatoms.